The Labute approximate surface area is 100 Å². The molecule has 2 heteroatoms. The third-order valence-corrected chi connectivity index (χ3v) is 4.50. The summed E-state index contributed by atoms with van der Waals surface area (Å²) in [4.78, 5) is 2.56. The zero-order valence-electron chi connectivity index (χ0n) is 10.6. The third kappa shape index (κ3) is 2.86. The van der Waals surface area contributed by atoms with Crippen LogP contribution in [0.1, 0.15) is 32.1 Å². The SMILES string of the molecule is C=CCC1CCC(C2CNCCN2C)CC1. The fourth-order valence-corrected chi connectivity index (χ4v) is 3.40. The monoisotopic (exact) mass is 222 g/mol. The summed E-state index contributed by atoms with van der Waals surface area (Å²) in [6.45, 7) is 7.44. The van der Waals surface area contributed by atoms with Crippen LogP contribution in [-0.4, -0.2) is 37.6 Å². The van der Waals surface area contributed by atoms with E-state index in [2.05, 4.69) is 29.9 Å². The van der Waals surface area contributed by atoms with Crippen LogP contribution in [0.3, 0.4) is 0 Å². The van der Waals surface area contributed by atoms with Crippen LogP contribution >= 0.6 is 0 Å². The Kier molecular flexibility index (Phi) is 4.42. The largest absolute Gasteiger partial charge is 0.314 e. The van der Waals surface area contributed by atoms with Gasteiger partial charge in [0.2, 0.25) is 0 Å². The maximum atomic E-state index is 3.86. The number of nitrogens with zero attached hydrogens (tertiary/aromatic N) is 1. The highest BCUT2D eigenvalue weighted by molar-refractivity contribution is 4.88. The van der Waals surface area contributed by atoms with Gasteiger partial charge in [-0.25, -0.2) is 0 Å². The molecule has 0 spiro atoms. The van der Waals surface area contributed by atoms with Crippen molar-refractivity contribution in [3.8, 4) is 0 Å². The number of piperazine rings is 1. The zero-order chi connectivity index (χ0) is 11.4. The highest BCUT2D eigenvalue weighted by atomic mass is 15.2. The molecule has 2 fully saturated rings. The summed E-state index contributed by atoms with van der Waals surface area (Å²) < 4.78 is 0. The Bertz CT molecular complexity index is 219. The van der Waals surface area contributed by atoms with E-state index in [1.54, 1.807) is 0 Å². The smallest absolute Gasteiger partial charge is 0.0246 e. The van der Waals surface area contributed by atoms with Crippen LogP contribution in [0.15, 0.2) is 12.7 Å². The fourth-order valence-electron chi connectivity index (χ4n) is 3.40. The zero-order valence-corrected chi connectivity index (χ0v) is 10.6. The molecule has 16 heavy (non-hydrogen) atoms. The van der Waals surface area contributed by atoms with Gasteiger partial charge in [0.15, 0.2) is 0 Å². The number of hydrogen-bond acceptors (Lipinski definition) is 2. The van der Waals surface area contributed by atoms with Gasteiger partial charge in [-0.1, -0.05) is 6.08 Å². The van der Waals surface area contributed by atoms with Crippen LogP contribution in [0.5, 0.6) is 0 Å². The van der Waals surface area contributed by atoms with Gasteiger partial charge in [0.25, 0.3) is 0 Å². The summed E-state index contributed by atoms with van der Waals surface area (Å²) in [6, 6.07) is 0.790. The van der Waals surface area contributed by atoms with Crippen molar-refractivity contribution in [2.45, 2.75) is 38.1 Å². The molecule has 2 rings (SSSR count). The molecule has 1 saturated heterocycles. The van der Waals surface area contributed by atoms with Gasteiger partial charge in [0.1, 0.15) is 0 Å². The summed E-state index contributed by atoms with van der Waals surface area (Å²) in [7, 11) is 2.29. The fraction of sp³-hybridized carbons (Fsp3) is 0.857. The topological polar surface area (TPSA) is 15.3 Å². The molecule has 92 valence electrons. The average molecular weight is 222 g/mol. The molecule has 0 radical (unpaired) electrons. The van der Waals surface area contributed by atoms with E-state index < -0.39 is 0 Å². The van der Waals surface area contributed by atoms with Crippen molar-refractivity contribution in [3.63, 3.8) is 0 Å². The minimum absolute atomic E-state index is 0.790. The molecule has 1 N–H and O–H groups in total. The van der Waals surface area contributed by atoms with Gasteiger partial charge in [0.05, 0.1) is 0 Å². The van der Waals surface area contributed by atoms with E-state index in [0.29, 0.717) is 0 Å². The van der Waals surface area contributed by atoms with Gasteiger partial charge in [-0.15, -0.1) is 6.58 Å². The van der Waals surface area contributed by atoms with Crippen LogP contribution in [0.2, 0.25) is 0 Å². The van der Waals surface area contributed by atoms with E-state index in [4.69, 9.17) is 0 Å². The van der Waals surface area contributed by atoms with E-state index >= 15 is 0 Å². The van der Waals surface area contributed by atoms with Crippen molar-refractivity contribution < 1.29 is 0 Å². The van der Waals surface area contributed by atoms with Crippen LogP contribution in [-0.2, 0) is 0 Å². The lowest BCUT2D eigenvalue weighted by molar-refractivity contribution is 0.106. The first-order chi connectivity index (χ1) is 7.81. The van der Waals surface area contributed by atoms with E-state index in [1.165, 1.54) is 51.7 Å². The summed E-state index contributed by atoms with van der Waals surface area (Å²) >= 11 is 0. The van der Waals surface area contributed by atoms with Crippen LogP contribution in [0, 0.1) is 11.8 Å². The number of allylic oxidation sites excluding steroid dienone is 1. The lowest BCUT2D eigenvalue weighted by atomic mass is 9.76. The van der Waals surface area contributed by atoms with Crippen molar-refractivity contribution in [3.05, 3.63) is 12.7 Å². The molecule has 1 atom stereocenters. The lowest BCUT2D eigenvalue weighted by Crippen LogP contribution is -2.53. The van der Waals surface area contributed by atoms with E-state index in [-0.39, 0.29) is 0 Å². The second kappa shape index (κ2) is 5.83. The van der Waals surface area contributed by atoms with Gasteiger partial charge in [0, 0.05) is 25.7 Å². The van der Waals surface area contributed by atoms with Gasteiger partial charge in [-0.05, 0) is 51.0 Å². The molecule has 1 aliphatic carbocycles. The molecule has 1 saturated carbocycles. The van der Waals surface area contributed by atoms with E-state index in [9.17, 15) is 0 Å². The van der Waals surface area contributed by atoms with E-state index in [1.807, 2.05) is 0 Å². The Morgan fingerprint density at radius 3 is 2.69 bits per heavy atom. The van der Waals surface area contributed by atoms with Crippen molar-refractivity contribution in [2.75, 3.05) is 26.7 Å². The number of hydrogen-bond donors (Lipinski definition) is 1. The van der Waals surface area contributed by atoms with Gasteiger partial charge in [-0.2, -0.15) is 0 Å². The Morgan fingerprint density at radius 2 is 2.06 bits per heavy atom. The second-order valence-electron chi connectivity index (χ2n) is 5.56. The van der Waals surface area contributed by atoms with Crippen LogP contribution in [0.4, 0.5) is 0 Å². The first-order valence-corrected chi connectivity index (χ1v) is 6.83. The summed E-state index contributed by atoms with van der Waals surface area (Å²) in [5.41, 5.74) is 0. The molecule has 2 nitrogen and oxygen atoms in total. The quantitative estimate of drug-likeness (QED) is 0.737. The predicted molar refractivity (Wildman–Crippen MR) is 69.5 cm³/mol. The van der Waals surface area contributed by atoms with Crippen LogP contribution in [0.25, 0.3) is 0 Å². The maximum absolute atomic E-state index is 3.86. The standard InChI is InChI=1S/C14H26N2/c1-3-4-12-5-7-13(8-6-12)14-11-15-9-10-16(14)2/h3,12-15H,1,4-11H2,2H3. The van der Waals surface area contributed by atoms with E-state index in [0.717, 1.165) is 17.9 Å². The first-order valence-electron chi connectivity index (χ1n) is 6.83. The summed E-state index contributed by atoms with van der Waals surface area (Å²) in [5, 5.41) is 3.54. The molecule has 0 aromatic carbocycles. The minimum atomic E-state index is 0.790. The predicted octanol–water partition coefficient (Wildman–Crippen LogP) is 2.27. The Balaban J connectivity index is 1.81. The average Bonchev–Trinajstić information content (AvgIpc) is 2.31. The molecule has 0 bridgehead atoms. The molecule has 0 amide bonds. The number of nitrogens with one attached hydrogen (secondary N) is 1. The number of rotatable bonds is 3. The van der Waals surface area contributed by atoms with Crippen molar-refractivity contribution in [1.29, 1.82) is 0 Å². The minimum Gasteiger partial charge on any atom is -0.314 e. The van der Waals surface area contributed by atoms with Crippen LogP contribution < -0.4 is 5.32 Å². The Hall–Kier alpha value is -0.340. The molecular formula is C14H26N2. The van der Waals surface area contributed by atoms with Gasteiger partial charge >= 0.3 is 0 Å². The van der Waals surface area contributed by atoms with Crippen molar-refractivity contribution >= 4 is 0 Å². The highest BCUT2D eigenvalue weighted by Crippen LogP contribution is 2.34. The van der Waals surface area contributed by atoms with Crippen molar-refractivity contribution in [1.82, 2.24) is 10.2 Å². The maximum Gasteiger partial charge on any atom is 0.0246 e. The molecule has 1 unspecified atom stereocenters. The molecule has 0 aromatic rings. The third-order valence-electron chi connectivity index (χ3n) is 4.50. The first kappa shape index (κ1) is 12.1. The second-order valence-corrected chi connectivity index (χ2v) is 5.56. The van der Waals surface area contributed by atoms with Gasteiger partial charge in [-0.3, -0.25) is 0 Å². The molecule has 1 aliphatic heterocycles. The number of likely N-dealkylation sites (N-methyl/N-ethyl adjacent to an activating group) is 1. The molecule has 1 heterocycles. The molecule has 0 aromatic heterocycles. The highest BCUT2D eigenvalue weighted by Gasteiger charge is 2.30. The van der Waals surface area contributed by atoms with Gasteiger partial charge < -0.3 is 10.2 Å². The lowest BCUT2D eigenvalue weighted by Gasteiger charge is -2.41. The normalized spacial score (nSPS) is 37.2. The Morgan fingerprint density at radius 1 is 1.31 bits per heavy atom. The summed E-state index contributed by atoms with van der Waals surface area (Å²) in [6.07, 6.45) is 9.01. The van der Waals surface area contributed by atoms with Crippen molar-refractivity contribution in [2.24, 2.45) is 11.8 Å². The summed E-state index contributed by atoms with van der Waals surface area (Å²) in [5.74, 6) is 1.86. The molecule has 2 aliphatic rings. The molecular weight excluding hydrogens is 196 g/mol.